The van der Waals surface area contributed by atoms with Gasteiger partial charge in [0.1, 0.15) is 22.3 Å². The van der Waals surface area contributed by atoms with Gasteiger partial charge in [0.15, 0.2) is 5.82 Å². The fraction of sp³-hybridized carbons (Fsp3) is 0. The highest BCUT2D eigenvalue weighted by Gasteiger charge is 2.19. The lowest BCUT2D eigenvalue weighted by Crippen LogP contribution is -1.97. The Hall–Kier alpha value is -8.15. The summed E-state index contributed by atoms with van der Waals surface area (Å²) in [4.78, 5) is 15.2. The Balaban J connectivity index is 1.07. The summed E-state index contributed by atoms with van der Waals surface area (Å²) < 4.78 is 13.2. The van der Waals surface area contributed by atoms with E-state index in [1.807, 2.05) is 60.9 Å². The molecule has 0 aliphatic rings. The van der Waals surface area contributed by atoms with Crippen molar-refractivity contribution in [1.82, 2.24) is 15.0 Å². The van der Waals surface area contributed by atoms with Crippen LogP contribution in [0.3, 0.4) is 0 Å². The first kappa shape index (κ1) is 33.9. The van der Waals surface area contributed by atoms with Gasteiger partial charge >= 0.3 is 0 Å². The third kappa shape index (κ3) is 5.67. The average molecular weight is 768 g/mol. The van der Waals surface area contributed by atoms with Crippen LogP contribution in [0.1, 0.15) is 0 Å². The van der Waals surface area contributed by atoms with Crippen LogP contribution in [-0.2, 0) is 0 Å². The van der Waals surface area contributed by atoms with Crippen LogP contribution in [-0.4, -0.2) is 15.0 Å². The molecule has 60 heavy (non-hydrogen) atoms. The minimum atomic E-state index is 0.616. The molecule has 280 valence electrons. The number of hydrogen-bond donors (Lipinski definition) is 0. The van der Waals surface area contributed by atoms with E-state index in [9.17, 15) is 0 Å². The highest BCUT2D eigenvalue weighted by Crippen LogP contribution is 2.42. The second kappa shape index (κ2) is 13.8. The highest BCUT2D eigenvalue weighted by molar-refractivity contribution is 6.11. The molecule has 0 spiro atoms. The molecule has 0 radical (unpaired) electrons. The summed E-state index contributed by atoms with van der Waals surface area (Å²) in [5.41, 5.74) is 14.1. The van der Waals surface area contributed by atoms with E-state index >= 15 is 0 Å². The van der Waals surface area contributed by atoms with E-state index < -0.39 is 0 Å². The Bertz CT molecular complexity index is 3470. The van der Waals surface area contributed by atoms with Gasteiger partial charge in [-0.1, -0.05) is 152 Å². The number of benzene rings is 8. The van der Waals surface area contributed by atoms with Gasteiger partial charge in [-0.2, -0.15) is 0 Å². The molecule has 0 aliphatic heterocycles. The summed E-state index contributed by atoms with van der Waals surface area (Å²) in [6.45, 7) is 0. The molecule has 5 nitrogen and oxygen atoms in total. The largest absolute Gasteiger partial charge is 0.455 e. The van der Waals surface area contributed by atoms with Crippen molar-refractivity contribution in [3.05, 3.63) is 200 Å². The summed E-state index contributed by atoms with van der Waals surface area (Å²) >= 11 is 0. The van der Waals surface area contributed by atoms with Crippen molar-refractivity contribution in [2.75, 3.05) is 0 Å². The predicted octanol–water partition coefficient (Wildman–Crippen LogP) is 14.8. The van der Waals surface area contributed by atoms with Crippen molar-refractivity contribution >= 4 is 54.6 Å². The fourth-order valence-electron chi connectivity index (χ4n) is 8.66. The van der Waals surface area contributed by atoms with Crippen LogP contribution >= 0.6 is 0 Å². The van der Waals surface area contributed by atoms with Gasteiger partial charge in [0, 0.05) is 72.7 Å². The predicted molar refractivity (Wildman–Crippen MR) is 245 cm³/mol. The number of furan rings is 2. The fourth-order valence-corrected chi connectivity index (χ4v) is 8.66. The van der Waals surface area contributed by atoms with E-state index in [-0.39, 0.29) is 0 Å². The van der Waals surface area contributed by atoms with Crippen LogP contribution in [0.5, 0.6) is 0 Å². The SMILES string of the molecule is c1ccc(-c2cc(-c3ccc(-c4cncc5ccccc45)cc3)nc(-c3cc(-c4cccc5c4oc4ccccc45)cc(-c4cccc5c4oc4ccccc45)c3)n2)cc1. The third-order valence-electron chi connectivity index (χ3n) is 11.6. The van der Waals surface area contributed by atoms with E-state index in [2.05, 4.69) is 145 Å². The third-order valence-corrected chi connectivity index (χ3v) is 11.6. The van der Waals surface area contributed by atoms with E-state index in [1.54, 1.807) is 0 Å². The van der Waals surface area contributed by atoms with Crippen molar-refractivity contribution in [3.8, 4) is 67.3 Å². The van der Waals surface area contributed by atoms with Crippen molar-refractivity contribution < 1.29 is 8.83 Å². The van der Waals surface area contributed by atoms with Gasteiger partial charge in [-0.25, -0.2) is 9.97 Å². The smallest absolute Gasteiger partial charge is 0.160 e. The van der Waals surface area contributed by atoms with Gasteiger partial charge in [0.25, 0.3) is 0 Å². The summed E-state index contributed by atoms with van der Waals surface area (Å²) in [6.07, 6.45) is 3.85. The van der Waals surface area contributed by atoms with Gasteiger partial charge < -0.3 is 8.83 Å². The Morgan fingerprint density at radius 3 is 1.45 bits per heavy atom. The molecule has 0 unspecified atom stereocenters. The maximum absolute atomic E-state index is 6.60. The topological polar surface area (TPSA) is 65.0 Å². The van der Waals surface area contributed by atoms with Crippen molar-refractivity contribution in [2.24, 2.45) is 0 Å². The quantitative estimate of drug-likeness (QED) is 0.169. The van der Waals surface area contributed by atoms with Gasteiger partial charge in [-0.3, -0.25) is 4.98 Å². The van der Waals surface area contributed by atoms with Crippen LogP contribution in [0.2, 0.25) is 0 Å². The van der Waals surface area contributed by atoms with E-state index in [4.69, 9.17) is 18.8 Å². The molecule has 0 atom stereocenters. The van der Waals surface area contributed by atoms with Crippen LogP contribution in [0.15, 0.2) is 209 Å². The molecule has 0 saturated heterocycles. The molecule has 12 aromatic rings. The van der Waals surface area contributed by atoms with E-state index in [1.165, 1.54) is 5.39 Å². The average Bonchev–Trinajstić information content (AvgIpc) is 3.90. The monoisotopic (exact) mass is 767 g/mol. The first-order chi connectivity index (χ1) is 29.7. The lowest BCUT2D eigenvalue weighted by Gasteiger charge is -2.14. The molecule has 0 aliphatic carbocycles. The lowest BCUT2D eigenvalue weighted by atomic mass is 9.93. The molecule has 4 aromatic heterocycles. The zero-order valence-electron chi connectivity index (χ0n) is 32.2. The van der Waals surface area contributed by atoms with Crippen molar-refractivity contribution in [1.29, 1.82) is 0 Å². The van der Waals surface area contributed by atoms with Gasteiger partial charge in [-0.15, -0.1) is 0 Å². The molecule has 12 rings (SSSR count). The Labute approximate surface area is 344 Å². The molecule has 0 fully saturated rings. The molecule has 0 N–H and O–H groups in total. The normalized spacial score (nSPS) is 11.7. The van der Waals surface area contributed by atoms with Gasteiger partial charge in [0.05, 0.1) is 11.4 Å². The van der Waals surface area contributed by atoms with Gasteiger partial charge in [-0.05, 0) is 58.5 Å². The van der Waals surface area contributed by atoms with Crippen molar-refractivity contribution in [3.63, 3.8) is 0 Å². The summed E-state index contributed by atoms with van der Waals surface area (Å²) in [7, 11) is 0. The van der Waals surface area contributed by atoms with Gasteiger partial charge in [0.2, 0.25) is 0 Å². The Morgan fingerprint density at radius 2 is 0.817 bits per heavy atom. The highest BCUT2D eigenvalue weighted by atomic mass is 16.3. The second-order valence-corrected chi connectivity index (χ2v) is 15.2. The van der Waals surface area contributed by atoms with E-state index in [0.29, 0.717) is 5.82 Å². The number of para-hydroxylation sites is 4. The zero-order chi connectivity index (χ0) is 39.6. The molecule has 0 saturated carbocycles. The molecule has 4 heterocycles. The van der Waals surface area contributed by atoms with E-state index in [0.717, 1.165) is 111 Å². The van der Waals surface area contributed by atoms with Crippen LogP contribution in [0.25, 0.3) is 122 Å². The number of nitrogens with zero attached hydrogens (tertiary/aromatic N) is 3. The maximum Gasteiger partial charge on any atom is 0.160 e. The number of pyridine rings is 1. The molecule has 0 bridgehead atoms. The number of rotatable bonds is 6. The zero-order valence-corrected chi connectivity index (χ0v) is 32.2. The van der Waals surface area contributed by atoms with Crippen LogP contribution in [0.4, 0.5) is 0 Å². The molecule has 5 heteroatoms. The molecule has 0 amide bonds. The standard InChI is InChI=1S/C55H33N3O2/c1-2-12-35(13-3-1)49-31-50(36-26-24-34(25-27-36)48-33-56-32-37-14-4-5-15-41(37)48)58-55(57-49)40-29-38(42-18-10-20-46-44-16-6-8-22-51(44)59-53(42)46)28-39(30-40)43-19-11-21-47-45-17-7-9-23-52(45)60-54(43)47/h1-33H. The van der Waals surface area contributed by atoms with Crippen molar-refractivity contribution in [2.45, 2.75) is 0 Å². The lowest BCUT2D eigenvalue weighted by molar-refractivity contribution is 0.670. The molecular formula is C55H33N3O2. The first-order valence-corrected chi connectivity index (χ1v) is 20.1. The number of aromatic nitrogens is 3. The first-order valence-electron chi connectivity index (χ1n) is 20.1. The Morgan fingerprint density at radius 1 is 0.317 bits per heavy atom. The summed E-state index contributed by atoms with van der Waals surface area (Å²) in [5.74, 6) is 0.616. The molecular weight excluding hydrogens is 735 g/mol. The minimum Gasteiger partial charge on any atom is -0.455 e. The summed E-state index contributed by atoms with van der Waals surface area (Å²) in [6, 6.07) is 65.1. The number of hydrogen-bond acceptors (Lipinski definition) is 5. The molecule has 8 aromatic carbocycles. The number of fused-ring (bicyclic) bond motifs is 7. The van der Waals surface area contributed by atoms with Crippen LogP contribution < -0.4 is 0 Å². The second-order valence-electron chi connectivity index (χ2n) is 15.2. The Kier molecular flexibility index (Phi) is 7.78. The minimum absolute atomic E-state index is 0.616. The van der Waals surface area contributed by atoms with Crippen LogP contribution in [0, 0.1) is 0 Å². The summed E-state index contributed by atoms with van der Waals surface area (Å²) in [5, 5.41) is 6.60. The maximum atomic E-state index is 6.60.